The number of thiophene rings is 1. The van der Waals surface area contributed by atoms with Crippen LogP contribution in [0.15, 0.2) is 53.9 Å². The van der Waals surface area contributed by atoms with Crippen LogP contribution in [-0.4, -0.2) is 28.7 Å². The van der Waals surface area contributed by atoms with Crippen molar-refractivity contribution in [3.05, 3.63) is 64.5 Å². The molecule has 0 saturated heterocycles. The molecule has 6 nitrogen and oxygen atoms in total. The number of carbonyl (C=O) groups is 2. The fourth-order valence-electron chi connectivity index (χ4n) is 2.28. The molecular weight excluding hydrogens is 338 g/mol. The fourth-order valence-corrected chi connectivity index (χ4v) is 3.02. The molecule has 0 spiro atoms. The predicted molar refractivity (Wildman–Crippen MR) is 95.2 cm³/mol. The van der Waals surface area contributed by atoms with Crippen molar-refractivity contribution in [1.82, 2.24) is 15.5 Å². The molecule has 0 unspecified atom stereocenters. The van der Waals surface area contributed by atoms with Gasteiger partial charge in [0.25, 0.3) is 5.91 Å². The van der Waals surface area contributed by atoms with Gasteiger partial charge in [-0.1, -0.05) is 36.4 Å². The molecule has 2 N–H and O–H groups in total. The lowest BCUT2D eigenvalue weighted by Crippen LogP contribution is -2.30. The highest BCUT2D eigenvalue weighted by Crippen LogP contribution is 2.18. The first-order valence-corrected chi connectivity index (χ1v) is 8.62. The summed E-state index contributed by atoms with van der Waals surface area (Å²) in [5.74, 6) is -0.967. The van der Waals surface area contributed by atoms with Crippen molar-refractivity contribution in [2.75, 3.05) is 6.61 Å². The number of carbonyl (C=O) groups excluding carboxylic acids is 2. The second-order valence-corrected chi connectivity index (χ2v) is 6.39. The van der Waals surface area contributed by atoms with Crippen molar-refractivity contribution in [3.8, 4) is 11.3 Å². The molecule has 0 bridgehead atoms. The maximum atomic E-state index is 12.0. The first kappa shape index (κ1) is 16.9. The Morgan fingerprint density at radius 3 is 2.76 bits per heavy atom. The van der Waals surface area contributed by atoms with E-state index in [2.05, 4.69) is 15.5 Å². The van der Waals surface area contributed by atoms with E-state index >= 15 is 0 Å². The van der Waals surface area contributed by atoms with Crippen LogP contribution in [0.5, 0.6) is 0 Å². The minimum Gasteiger partial charge on any atom is -0.451 e. The minimum absolute atomic E-state index is 0.122. The lowest BCUT2D eigenvalue weighted by atomic mass is 10.1. The van der Waals surface area contributed by atoms with E-state index < -0.39 is 5.97 Å². The zero-order valence-corrected chi connectivity index (χ0v) is 14.4. The number of ether oxygens (including phenoxy) is 1. The van der Waals surface area contributed by atoms with Gasteiger partial charge in [-0.25, -0.2) is 4.79 Å². The Kier molecular flexibility index (Phi) is 5.25. The monoisotopic (exact) mass is 355 g/mol. The van der Waals surface area contributed by atoms with Crippen LogP contribution in [0.25, 0.3) is 11.3 Å². The SMILES string of the molecule is C[C@@H](NC(=O)COC(=O)c1cc(-c2ccccc2)n[nH]1)c1cccs1. The highest BCUT2D eigenvalue weighted by Gasteiger charge is 2.16. The number of amides is 1. The van der Waals surface area contributed by atoms with Gasteiger partial charge >= 0.3 is 5.97 Å². The summed E-state index contributed by atoms with van der Waals surface area (Å²) in [6.07, 6.45) is 0. The minimum atomic E-state index is -0.617. The summed E-state index contributed by atoms with van der Waals surface area (Å²) in [5.41, 5.74) is 1.74. The van der Waals surface area contributed by atoms with Crippen LogP contribution in [0, 0.1) is 0 Å². The van der Waals surface area contributed by atoms with Crippen molar-refractivity contribution in [2.24, 2.45) is 0 Å². The lowest BCUT2D eigenvalue weighted by Gasteiger charge is -2.12. The lowest BCUT2D eigenvalue weighted by molar-refractivity contribution is -0.124. The molecule has 0 fully saturated rings. The average molecular weight is 355 g/mol. The summed E-state index contributed by atoms with van der Waals surface area (Å²) in [6, 6.07) is 14.8. The number of aromatic nitrogens is 2. The Bertz CT molecular complexity index is 844. The number of nitrogens with one attached hydrogen (secondary N) is 2. The maximum absolute atomic E-state index is 12.0. The molecule has 0 saturated carbocycles. The first-order chi connectivity index (χ1) is 12.1. The van der Waals surface area contributed by atoms with Gasteiger partial charge in [-0.3, -0.25) is 9.89 Å². The molecule has 1 aromatic carbocycles. The molecule has 0 radical (unpaired) electrons. The van der Waals surface area contributed by atoms with Gasteiger partial charge in [0.05, 0.1) is 11.7 Å². The summed E-state index contributed by atoms with van der Waals surface area (Å²) in [5, 5.41) is 11.5. The van der Waals surface area contributed by atoms with Crippen LogP contribution < -0.4 is 5.32 Å². The van der Waals surface area contributed by atoms with Crippen LogP contribution in [0.4, 0.5) is 0 Å². The zero-order valence-electron chi connectivity index (χ0n) is 13.6. The Morgan fingerprint density at radius 1 is 1.24 bits per heavy atom. The Morgan fingerprint density at radius 2 is 2.04 bits per heavy atom. The largest absolute Gasteiger partial charge is 0.451 e. The van der Waals surface area contributed by atoms with E-state index in [0.717, 1.165) is 10.4 Å². The third-order valence-corrected chi connectivity index (χ3v) is 4.60. The van der Waals surface area contributed by atoms with Gasteiger partial charge in [0.1, 0.15) is 5.69 Å². The number of benzene rings is 1. The molecule has 128 valence electrons. The van der Waals surface area contributed by atoms with Gasteiger partial charge in [0, 0.05) is 10.4 Å². The van der Waals surface area contributed by atoms with Gasteiger partial charge in [-0.2, -0.15) is 5.10 Å². The summed E-state index contributed by atoms with van der Waals surface area (Å²) in [6.45, 7) is 1.54. The molecule has 3 rings (SSSR count). The fraction of sp³-hybridized carbons (Fsp3) is 0.167. The standard InChI is InChI=1S/C18H17N3O3S/c1-12(16-8-5-9-25-16)19-17(22)11-24-18(23)15-10-14(20-21-15)13-6-3-2-4-7-13/h2-10,12H,11H2,1H3,(H,19,22)(H,20,21)/t12-/m1/s1. The average Bonchev–Trinajstić information content (AvgIpc) is 3.32. The molecule has 2 aromatic heterocycles. The van der Waals surface area contributed by atoms with Crippen molar-refractivity contribution in [2.45, 2.75) is 13.0 Å². The van der Waals surface area contributed by atoms with Crippen LogP contribution in [0.1, 0.15) is 28.3 Å². The number of hydrogen-bond acceptors (Lipinski definition) is 5. The molecule has 25 heavy (non-hydrogen) atoms. The van der Waals surface area contributed by atoms with E-state index in [-0.39, 0.29) is 24.2 Å². The topological polar surface area (TPSA) is 84.1 Å². The highest BCUT2D eigenvalue weighted by molar-refractivity contribution is 7.10. The first-order valence-electron chi connectivity index (χ1n) is 7.74. The molecular formula is C18H17N3O3S. The molecule has 0 aliphatic rings. The second-order valence-electron chi connectivity index (χ2n) is 5.41. The maximum Gasteiger partial charge on any atom is 0.356 e. The highest BCUT2D eigenvalue weighted by atomic mass is 32.1. The number of esters is 1. The van der Waals surface area contributed by atoms with E-state index in [1.54, 1.807) is 17.4 Å². The van der Waals surface area contributed by atoms with Crippen molar-refractivity contribution in [1.29, 1.82) is 0 Å². The van der Waals surface area contributed by atoms with E-state index in [1.807, 2.05) is 54.8 Å². The molecule has 7 heteroatoms. The van der Waals surface area contributed by atoms with Crippen molar-refractivity contribution < 1.29 is 14.3 Å². The smallest absolute Gasteiger partial charge is 0.356 e. The molecule has 0 aliphatic heterocycles. The van der Waals surface area contributed by atoms with Crippen molar-refractivity contribution in [3.63, 3.8) is 0 Å². The molecule has 1 amide bonds. The number of nitrogens with zero attached hydrogens (tertiary/aromatic N) is 1. The molecule has 2 heterocycles. The van der Waals surface area contributed by atoms with Gasteiger partial charge in [-0.15, -0.1) is 11.3 Å². The summed E-state index contributed by atoms with van der Waals surface area (Å²) >= 11 is 1.56. The normalized spacial score (nSPS) is 11.7. The van der Waals surface area contributed by atoms with Crippen LogP contribution >= 0.6 is 11.3 Å². The van der Waals surface area contributed by atoms with E-state index in [9.17, 15) is 9.59 Å². The van der Waals surface area contributed by atoms with Crippen LogP contribution in [0.2, 0.25) is 0 Å². The van der Waals surface area contributed by atoms with Crippen molar-refractivity contribution >= 4 is 23.2 Å². The van der Waals surface area contributed by atoms with Gasteiger partial charge < -0.3 is 10.1 Å². The second kappa shape index (κ2) is 7.76. The number of hydrogen-bond donors (Lipinski definition) is 2. The summed E-state index contributed by atoms with van der Waals surface area (Å²) in [7, 11) is 0. The number of aromatic amines is 1. The number of H-pyrrole nitrogens is 1. The Labute approximate surface area is 148 Å². The van der Waals surface area contributed by atoms with Gasteiger partial charge in [0.15, 0.2) is 6.61 Å². The summed E-state index contributed by atoms with van der Waals surface area (Å²) in [4.78, 5) is 25.0. The molecule has 1 atom stereocenters. The predicted octanol–water partition coefficient (Wildman–Crippen LogP) is 3.17. The van der Waals surface area contributed by atoms with Crippen LogP contribution in [0.3, 0.4) is 0 Å². The zero-order chi connectivity index (χ0) is 17.6. The number of rotatable bonds is 6. The molecule has 0 aliphatic carbocycles. The third-order valence-electron chi connectivity index (χ3n) is 3.55. The molecule has 3 aromatic rings. The summed E-state index contributed by atoms with van der Waals surface area (Å²) < 4.78 is 5.04. The Hall–Kier alpha value is -2.93. The van der Waals surface area contributed by atoms with Crippen LogP contribution in [-0.2, 0) is 9.53 Å². The van der Waals surface area contributed by atoms with E-state index in [0.29, 0.717) is 5.69 Å². The van der Waals surface area contributed by atoms with E-state index in [4.69, 9.17) is 4.74 Å². The van der Waals surface area contributed by atoms with Gasteiger partial charge in [0.2, 0.25) is 0 Å². The Balaban J connectivity index is 1.52. The third kappa shape index (κ3) is 4.33. The van der Waals surface area contributed by atoms with Gasteiger partial charge in [-0.05, 0) is 24.4 Å². The quantitative estimate of drug-likeness (QED) is 0.665. The van der Waals surface area contributed by atoms with E-state index in [1.165, 1.54) is 0 Å².